The third kappa shape index (κ3) is 7.83. The average molecular weight is 570 g/mol. The van der Waals surface area contributed by atoms with Crippen molar-refractivity contribution in [2.75, 3.05) is 17.4 Å². The zero-order valence-electron chi connectivity index (χ0n) is 22.9. The molecule has 0 saturated heterocycles. The third-order valence-electron chi connectivity index (χ3n) is 6.50. The number of amides is 2. The van der Waals surface area contributed by atoms with Gasteiger partial charge in [-0.2, -0.15) is 0 Å². The van der Waals surface area contributed by atoms with Crippen LogP contribution in [0.1, 0.15) is 43.4 Å². The van der Waals surface area contributed by atoms with Gasteiger partial charge >= 0.3 is 0 Å². The highest BCUT2D eigenvalue weighted by atomic mass is 35.5. The summed E-state index contributed by atoms with van der Waals surface area (Å²) in [6.45, 7) is 7.63. The minimum Gasteiger partial charge on any atom is -0.354 e. The first-order valence-electron chi connectivity index (χ1n) is 13.0. The highest BCUT2D eigenvalue weighted by Gasteiger charge is 2.33. The number of halogens is 1. The van der Waals surface area contributed by atoms with Gasteiger partial charge in [0.25, 0.3) is 10.0 Å². The second-order valence-electron chi connectivity index (χ2n) is 9.58. The molecule has 1 N–H and O–H groups in total. The number of aryl methyl sites for hydroxylation is 2. The van der Waals surface area contributed by atoms with Crippen LogP contribution in [0.4, 0.5) is 5.69 Å². The van der Waals surface area contributed by atoms with E-state index in [9.17, 15) is 18.0 Å². The fraction of sp³-hybridized carbons (Fsp3) is 0.333. The number of hydrogen-bond acceptors (Lipinski definition) is 4. The molecule has 0 aliphatic heterocycles. The van der Waals surface area contributed by atoms with Crippen molar-refractivity contribution in [3.63, 3.8) is 0 Å². The maximum Gasteiger partial charge on any atom is 0.264 e. The first kappa shape index (κ1) is 30.2. The number of sulfonamides is 1. The Hall–Kier alpha value is -3.36. The van der Waals surface area contributed by atoms with Crippen LogP contribution >= 0.6 is 11.6 Å². The number of carbonyl (C=O) groups is 2. The monoisotopic (exact) mass is 569 g/mol. The van der Waals surface area contributed by atoms with E-state index in [2.05, 4.69) is 5.32 Å². The number of benzene rings is 3. The van der Waals surface area contributed by atoms with E-state index in [1.165, 1.54) is 29.2 Å². The summed E-state index contributed by atoms with van der Waals surface area (Å²) in [5, 5.41) is 3.30. The number of anilines is 1. The topological polar surface area (TPSA) is 86.8 Å². The molecule has 9 heteroatoms. The molecule has 0 fully saturated rings. The number of nitrogens with one attached hydrogen (secondary N) is 1. The van der Waals surface area contributed by atoms with Crippen LogP contribution in [0.3, 0.4) is 0 Å². The van der Waals surface area contributed by atoms with Crippen molar-refractivity contribution in [2.24, 2.45) is 0 Å². The van der Waals surface area contributed by atoms with Gasteiger partial charge in [0.15, 0.2) is 0 Å². The predicted octanol–water partition coefficient (Wildman–Crippen LogP) is 5.49. The van der Waals surface area contributed by atoms with Crippen LogP contribution < -0.4 is 9.62 Å². The Labute approximate surface area is 236 Å². The molecule has 0 aromatic heterocycles. The van der Waals surface area contributed by atoms with Gasteiger partial charge in [-0.3, -0.25) is 13.9 Å². The Morgan fingerprint density at radius 1 is 0.974 bits per heavy atom. The molecular formula is C30H36ClN3O4S. The summed E-state index contributed by atoms with van der Waals surface area (Å²) in [5.74, 6) is -0.775. The molecule has 0 spiro atoms. The van der Waals surface area contributed by atoms with Gasteiger partial charge in [0.1, 0.15) is 12.6 Å². The van der Waals surface area contributed by atoms with E-state index in [0.29, 0.717) is 22.8 Å². The van der Waals surface area contributed by atoms with E-state index in [-0.39, 0.29) is 17.3 Å². The SMILES string of the molecule is CCCCNC(=O)[C@@H](C)N(Cc1cccc(C)c1)C(=O)CN(c1ccccc1C)S(=O)(=O)c1ccc(Cl)cc1. The van der Waals surface area contributed by atoms with Crippen LogP contribution in [-0.4, -0.2) is 44.3 Å². The average Bonchev–Trinajstić information content (AvgIpc) is 2.90. The molecule has 0 radical (unpaired) electrons. The number of hydrogen-bond donors (Lipinski definition) is 1. The van der Waals surface area contributed by atoms with E-state index < -0.39 is 28.5 Å². The molecule has 7 nitrogen and oxygen atoms in total. The van der Waals surface area contributed by atoms with Gasteiger partial charge in [-0.25, -0.2) is 8.42 Å². The van der Waals surface area contributed by atoms with Gasteiger partial charge in [0.2, 0.25) is 11.8 Å². The van der Waals surface area contributed by atoms with Crippen molar-refractivity contribution < 1.29 is 18.0 Å². The normalized spacial score (nSPS) is 12.0. The number of unbranched alkanes of at least 4 members (excludes halogenated alkanes) is 1. The van der Waals surface area contributed by atoms with Crippen molar-refractivity contribution in [3.05, 3.63) is 94.5 Å². The second kappa shape index (κ2) is 13.6. The van der Waals surface area contributed by atoms with Crippen LogP contribution in [0.15, 0.2) is 77.7 Å². The summed E-state index contributed by atoms with van der Waals surface area (Å²) in [4.78, 5) is 28.4. The molecule has 0 aliphatic rings. The minimum absolute atomic E-state index is 0.0125. The maximum atomic E-state index is 14.0. The smallest absolute Gasteiger partial charge is 0.264 e. The molecule has 3 aromatic carbocycles. The zero-order chi connectivity index (χ0) is 28.6. The van der Waals surface area contributed by atoms with Crippen LogP contribution in [0, 0.1) is 13.8 Å². The highest BCUT2D eigenvalue weighted by molar-refractivity contribution is 7.92. The first-order chi connectivity index (χ1) is 18.5. The van der Waals surface area contributed by atoms with Gasteiger partial charge in [-0.1, -0.05) is 73.0 Å². The predicted molar refractivity (Wildman–Crippen MR) is 156 cm³/mol. The number of carbonyl (C=O) groups excluding carboxylic acids is 2. The summed E-state index contributed by atoms with van der Waals surface area (Å²) >= 11 is 6.00. The van der Waals surface area contributed by atoms with Crippen molar-refractivity contribution >= 4 is 39.1 Å². The summed E-state index contributed by atoms with van der Waals surface area (Å²) in [6, 6.07) is 19.7. The van der Waals surface area contributed by atoms with E-state index in [1.807, 2.05) is 38.1 Å². The number of nitrogens with zero attached hydrogens (tertiary/aromatic N) is 2. The van der Waals surface area contributed by atoms with Gasteiger partial charge in [-0.05, 0) is 68.7 Å². The lowest BCUT2D eigenvalue weighted by atomic mass is 10.1. The summed E-state index contributed by atoms with van der Waals surface area (Å²) in [6.07, 6.45) is 1.75. The molecule has 0 saturated carbocycles. The summed E-state index contributed by atoms with van der Waals surface area (Å²) < 4.78 is 28.8. The maximum absolute atomic E-state index is 14.0. The molecule has 0 unspecified atom stereocenters. The van der Waals surface area contributed by atoms with E-state index in [0.717, 1.165) is 28.3 Å². The summed E-state index contributed by atoms with van der Waals surface area (Å²) in [5.41, 5.74) is 2.95. The lowest BCUT2D eigenvalue weighted by Gasteiger charge is -2.32. The van der Waals surface area contributed by atoms with Gasteiger partial charge in [-0.15, -0.1) is 0 Å². The lowest BCUT2D eigenvalue weighted by Crippen LogP contribution is -2.51. The van der Waals surface area contributed by atoms with Crippen LogP contribution in [0.25, 0.3) is 0 Å². The minimum atomic E-state index is -4.14. The van der Waals surface area contributed by atoms with Crippen molar-refractivity contribution in [1.82, 2.24) is 10.2 Å². The molecule has 0 bridgehead atoms. The van der Waals surface area contributed by atoms with Crippen LogP contribution in [-0.2, 0) is 26.2 Å². The van der Waals surface area contributed by atoms with E-state index >= 15 is 0 Å². The van der Waals surface area contributed by atoms with E-state index in [4.69, 9.17) is 11.6 Å². The Bertz CT molecular complexity index is 1390. The molecular weight excluding hydrogens is 534 g/mol. The number of rotatable bonds is 12. The van der Waals surface area contributed by atoms with Crippen LogP contribution in [0.5, 0.6) is 0 Å². The Balaban J connectivity index is 2.01. The van der Waals surface area contributed by atoms with Crippen molar-refractivity contribution in [1.29, 1.82) is 0 Å². The zero-order valence-corrected chi connectivity index (χ0v) is 24.4. The molecule has 3 rings (SSSR count). The molecule has 0 heterocycles. The molecule has 2 amide bonds. The van der Waals surface area contributed by atoms with Gasteiger partial charge in [0.05, 0.1) is 10.6 Å². The molecule has 39 heavy (non-hydrogen) atoms. The fourth-order valence-corrected chi connectivity index (χ4v) is 5.82. The Morgan fingerprint density at radius 3 is 2.31 bits per heavy atom. The van der Waals surface area contributed by atoms with Crippen molar-refractivity contribution in [2.45, 2.75) is 58.0 Å². The molecule has 1 atom stereocenters. The first-order valence-corrected chi connectivity index (χ1v) is 14.8. The largest absolute Gasteiger partial charge is 0.354 e. The van der Waals surface area contributed by atoms with Crippen molar-refractivity contribution in [3.8, 4) is 0 Å². The third-order valence-corrected chi connectivity index (χ3v) is 8.52. The second-order valence-corrected chi connectivity index (χ2v) is 11.9. The quantitative estimate of drug-likeness (QED) is 0.292. The van der Waals surface area contributed by atoms with Gasteiger partial charge < -0.3 is 10.2 Å². The van der Waals surface area contributed by atoms with E-state index in [1.54, 1.807) is 38.1 Å². The standard InChI is InChI=1S/C30H36ClN3O4S/c1-5-6-18-32-30(36)24(4)33(20-25-12-9-10-22(2)19-25)29(35)21-34(28-13-8-7-11-23(28)3)39(37,38)27-16-14-26(31)15-17-27/h7-17,19,24H,5-6,18,20-21H2,1-4H3,(H,32,36)/t24-/m1/s1. The molecule has 0 aliphatic carbocycles. The summed E-state index contributed by atoms with van der Waals surface area (Å²) in [7, 11) is -4.14. The fourth-order valence-electron chi connectivity index (χ4n) is 4.22. The van der Waals surface area contributed by atoms with Gasteiger partial charge in [0, 0.05) is 18.1 Å². The Kier molecular flexibility index (Phi) is 10.5. The lowest BCUT2D eigenvalue weighted by molar-refractivity contribution is -0.139. The number of para-hydroxylation sites is 1. The molecule has 3 aromatic rings. The van der Waals surface area contributed by atoms with Crippen LogP contribution in [0.2, 0.25) is 5.02 Å². The Morgan fingerprint density at radius 2 is 1.67 bits per heavy atom. The highest BCUT2D eigenvalue weighted by Crippen LogP contribution is 2.28. The molecule has 208 valence electrons.